The molecule has 27 heavy (non-hydrogen) atoms. The van der Waals surface area contributed by atoms with Gasteiger partial charge in [0, 0.05) is 31.7 Å². The molecule has 3 heterocycles. The Labute approximate surface area is 157 Å². The van der Waals surface area contributed by atoms with Crippen LogP contribution >= 0.6 is 0 Å². The summed E-state index contributed by atoms with van der Waals surface area (Å²) >= 11 is 0. The second-order valence-electron chi connectivity index (χ2n) is 6.41. The number of carbonyl (C=O) groups is 1. The molecule has 0 saturated carbocycles. The maximum atomic E-state index is 12.6. The first-order chi connectivity index (χ1) is 13.2. The van der Waals surface area contributed by atoms with Crippen molar-refractivity contribution < 1.29 is 9.21 Å². The molecule has 1 saturated heterocycles. The monoisotopic (exact) mass is 363 g/mol. The van der Waals surface area contributed by atoms with Crippen molar-refractivity contribution >= 4 is 23.0 Å². The molecule has 1 aliphatic heterocycles. The first kappa shape index (κ1) is 17.1. The van der Waals surface area contributed by atoms with Crippen molar-refractivity contribution in [1.29, 1.82) is 0 Å². The number of benzene rings is 1. The zero-order valence-electron chi connectivity index (χ0n) is 14.8. The van der Waals surface area contributed by atoms with E-state index in [1.807, 2.05) is 24.3 Å². The summed E-state index contributed by atoms with van der Waals surface area (Å²) in [6, 6.07) is 11.0. The van der Waals surface area contributed by atoms with Crippen LogP contribution in [0, 0.1) is 0 Å². The topological polar surface area (TPSA) is 96.4 Å². The Morgan fingerprint density at radius 1 is 1.15 bits per heavy atom. The molecule has 7 heteroatoms. The number of hydrogen-bond acceptors (Lipinski definition) is 6. The lowest BCUT2D eigenvalue weighted by molar-refractivity contribution is 0.102. The van der Waals surface area contributed by atoms with E-state index in [0.717, 1.165) is 43.0 Å². The molecule has 7 nitrogen and oxygen atoms in total. The Bertz CT molecular complexity index is 916. The smallest absolute Gasteiger partial charge is 0.274 e. The fraction of sp³-hybridized carbons (Fsp3) is 0.200. The zero-order valence-corrected chi connectivity index (χ0v) is 14.8. The van der Waals surface area contributed by atoms with Gasteiger partial charge in [-0.05, 0) is 35.9 Å². The van der Waals surface area contributed by atoms with E-state index in [2.05, 4.69) is 20.5 Å². The summed E-state index contributed by atoms with van der Waals surface area (Å²) < 4.78 is 5.11. The van der Waals surface area contributed by atoms with E-state index in [-0.39, 0.29) is 5.91 Å². The van der Waals surface area contributed by atoms with E-state index in [0.29, 0.717) is 17.1 Å². The van der Waals surface area contributed by atoms with E-state index in [1.165, 1.54) is 0 Å². The second kappa shape index (κ2) is 7.51. The van der Waals surface area contributed by atoms with Crippen LogP contribution < -0.4 is 21.3 Å². The van der Waals surface area contributed by atoms with Crippen LogP contribution in [0.4, 0.5) is 17.1 Å². The van der Waals surface area contributed by atoms with E-state index in [4.69, 9.17) is 10.2 Å². The summed E-state index contributed by atoms with van der Waals surface area (Å²) in [6.45, 7) is 3.78. The number of carbonyl (C=O) groups excluding carboxylic acids is 1. The highest BCUT2D eigenvalue weighted by Crippen LogP contribution is 2.28. The molecule has 4 N–H and O–H groups in total. The molecule has 0 unspecified atom stereocenters. The number of piperazine rings is 1. The molecule has 2 aromatic heterocycles. The van der Waals surface area contributed by atoms with Gasteiger partial charge in [0.05, 0.1) is 35.8 Å². The number of hydrogen-bond donors (Lipinski definition) is 3. The minimum atomic E-state index is -0.294. The molecule has 1 aromatic carbocycles. The summed E-state index contributed by atoms with van der Waals surface area (Å²) in [5.41, 5.74) is 10.3. The Balaban J connectivity index is 1.49. The quantitative estimate of drug-likeness (QED) is 0.617. The molecule has 4 rings (SSSR count). The molecule has 0 atom stereocenters. The van der Waals surface area contributed by atoms with Crippen molar-refractivity contribution in [3.05, 3.63) is 60.8 Å². The summed E-state index contributed by atoms with van der Waals surface area (Å²) in [5, 5.41) is 6.16. The van der Waals surface area contributed by atoms with E-state index >= 15 is 0 Å². The lowest BCUT2D eigenvalue weighted by atomic mass is 10.1. The number of anilines is 3. The van der Waals surface area contributed by atoms with Crippen molar-refractivity contribution in [2.45, 2.75) is 0 Å². The molecule has 1 fully saturated rings. The van der Waals surface area contributed by atoms with E-state index < -0.39 is 0 Å². The third kappa shape index (κ3) is 3.78. The van der Waals surface area contributed by atoms with Crippen LogP contribution in [0.15, 0.2) is 59.5 Å². The van der Waals surface area contributed by atoms with Gasteiger partial charge in [-0.3, -0.25) is 4.79 Å². The SMILES string of the molecule is Nc1ccc(-c2ccoc2)cc1NC(=O)c1ccc(N2CCNCC2)cn1. The average molecular weight is 363 g/mol. The van der Waals surface area contributed by atoms with Crippen LogP contribution in [-0.2, 0) is 0 Å². The Morgan fingerprint density at radius 3 is 2.70 bits per heavy atom. The maximum Gasteiger partial charge on any atom is 0.274 e. The molecule has 1 amide bonds. The molecule has 0 radical (unpaired) electrons. The van der Waals surface area contributed by atoms with Gasteiger partial charge in [-0.1, -0.05) is 6.07 Å². The predicted molar refractivity (Wildman–Crippen MR) is 106 cm³/mol. The van der Waals surface area contributed by atoms with E-state index in [9.17, 15) is 4.79 Å². The second-order valence-corrected chi connectivity index (χ2v) is 6.41. The molecular weight excluding hydrogens is 342 g/mol. The highest BCUT2D eigenvalue weighted by Gasteiger charge is 2.14. The van der Waals surface area contributed by atoms with Crippen LogP contribution in [0.25, 0.3) is 11.1 Å². The number of furan rings is 1. The number of nitrogens with two attached hydrogens (primary N) is 1. The number of amides is 1. The van der Waals surface area contributed by atoms with Crippen LogP contribution in [0.1, 0.15) is 10.5 Å². The molecular formula is C20H21N5O2. The van der Waals surface area contributed by atoms with Crippen LogP contribution in [-0.4, -0.2) is 37.1 Å². The third-order valence-corrected chi connectivity index (χ3v) is 4.62. The van der Waals surface area contributed by atoms with Crippen LogP contribution in [0.5, 0.6) is 0 Å². The molecule has 3 aromatic rings. The number of nitrogen functional groups attached to an aromatic ring is 1. The maximum absolute atomic E-state index is 12.6. The molecule has 0 spiro atoms. The lowest BCUT2D eigenvalue weighted by Crippen LogP contribution is -2.43. The van der Waals surface area contributed by atoms with Gasteiger partial charge in [-0.15, -0.1) is 0 Å². The van der Waals surface area contributed by atoms with Crippen molar-refractivity contribution in [3.63, 3.8) is 0 Å². The number of aromatic nitrogens is 1. The minimum absolute atomic E-state index is 0.294. The van der Waals surface area contributed by atoms with Crippen LogP contribution in [0.2, 0.25) is 0 Å². The molecule has 1 aliphatic rings. The summed E-state index contributed by atoms with van der Waals surface area (Å²) in [4.78, 5) is 19.2. The summed E-state index contributed by atoms with van der Waals surface area (Å²) in [6.07, 6.45) is 4.99. The van der Waals surface area contributed by atoms with Gasteiger partial charge in [0.1, 0.15) is 5.69 Å². The summed E-state index contributed by atoms with van der Waals surface area (Å²) in [5.74, 6) is -0.294. The third-order valence-electron chi connectivity index (χ3n) is 4.62. The van der Waals surface area contributed by atoms with Gasteiger partial charge in [-0.2, -0.15) is 0 Å². The fourth-order valence-electron chi connectivity index (χ4n) is 3.09. The fourth-order valence-corrected chi connectivity index (χ4v) is 3.09. The van der Waals surface area contributed by atoms with Gasteiger partial charge in [0.15, 0.2) is 0 Å². The van der Waals surface area contributed by atoms with Crippen molar-refractivity contribution in [1.82, 2.24) is 10.3 Å². The number of pyridine rings is 1. The number of rotatable bonds is 4. The standard InChI is InChI=1S/C20H21N5O2/c21-17-3-1-14(15-5-10-27-13-15)11-19(17)24-20(26)18-4-2-16(12-23-18)25-8-6-22-7-9-25/h1-5,10-13,22H,6-9,21H2,(H,24,26). The van der Waals surface area contributed by atoms with Gasteiger partial charge < -0.3 is 25.7 Å². The van der Waals surface area contributed by atoms with Crippen LogP contribution in [0.3, 0.4) is 0 Å². The van der Waals surface area contributed by atoms with Gasteiger partial charge in [-0.25, -0.2) is 4.98 Å². The summed E-state index contributed by atoms with van der Waals surface area (Å²) in [7, 11) is 0. The zero-order chi connectivity index (χ0) is 18.6. The lowest BCUT2D eigenvalue weighted by Gasteiger charge is -2.29. The first-order valence-corrected chi connectivity index (χ1v) is 8.86. The largest absolute Gasteiger partial charge is 0.472 e. The Morgan fingerprint density at radius 2 is 2.00 bits per heavy atom. The van der Waals surface area contributed by atoms with Crippen molar-refractivity contribution in [3.8, 4) is 11.1 Å². The predicted octanol–water partition coefficient (Wildman–Crippen LogP) is 2.59. The molecule has 0 aliphatic carbocycles. The molecule has 0 bridgehead atoms. The number of nitrogens with zero attached hydrogens (tertiary/aromatic N) is 2. The highest BCUT2D eigenvalue weighted by atomic mass is 16.3. The Hall–Kier alpha value is -3.32. The first-order valence-electron chi connectivity index (χ1n) is 8.86. The van der Waals surface area contributed by atoms with Gasteiger partial charge >= 0.3 is 0 Å². The minimum Gasteiger partial charge on any atom is -0.472 e. The van der Waals surface area contributed by atoms with Gasteiger partial charge in [0.2, 0.25) is 0 Å². The average Bonchev–Trinajstić information content (AvgIpc) is 3.25. The highest BCUT2D eigenvalue weighted by molar-refractivity contribution is 6.05. The normalized spacial score (nSPS) is 14.1. The van der Waals surface area contributed by atoms with Gasteiger partial charge in [0.25, 0.3) is 5.91 Å². The number of nitrogens with one attached hydrogen (secondary N) is 2. The van der Waals surface area contributed by atoms with E-state index in [1.54, 1.807) is 30.9 Å². The Kier molecular flexibility index (Phi) is 4.76. The molecule has 138 valence electrons. The van der Waals surface area contributed by atoms with Crippen molar-refractivity contribution in [2.75, 3.05) is 42.1 Å². The van der Waals surface area contributed by atoms with Crippen molar-refractivity contribution in [2.24, 2.45) is 0 Å².